The van der Waals surface area contributed by atoms with Gasteiger partial charge in [0.25, 0.3) is 0 Å². The molecule has 1 aliphatic heterocycles. The molecular weight excluding hydrogens is 300 g/mol. The minimum absolute atomic E-state index is 0.103. The summed E-state index contributed by atoms with van der Waals surface area (Å²) >= 11 is 0. The Bertz CT molecular complexity index is 745. The number of benzene rings is 1. The van der Waals surface area contributed by atoms with Gasteiger partial charge >= 0.3 is 0 Å². The fraction of sp³-hybridized carbons (Fsp3) is 0.474. The van der Waals surface area contributed by atoms with E-state index >= 15 is 0 Å². The topological polar surface area (TPSA) is 64.3 Å². The summed E-state index contributed by atoms with van der Waals surface area (Å²) in [6.45, 7) is 13.2. The number of nitrogens with two attached hydrogens (primary N) is 1. The summed E-state index contributed by atoms with van der Waals surface area (Å²) in [4.78, 5) is 11.1. The number of hydrogen-bond acceptors (Lipinski definition) is 5. The van der Waals surface area contributed by atoms with Crippen LogP contribution in [0.2, 0.25) is 0 Å². The smallest absolute Gasteiger partial charge is 0.220 e. The minimum Gasteiger partial charge on any atom is -0.470 e. The highest BCUT2D eigenvalue weighted by atomic mass is 16.5. The molecule has 5 nitrogen and oxygen atoms in total. The van der Waals surface area contributed by atoms with Gasteiger partial charge in [-0.05, 0) is 53.7 Å². The highest BCUT2D eigenvalue weighted by Crippen LogP contribution is 2.46. The molecule has 1 aromatic carbocycles. The lowest BCUT2D eigenvalue weighted by molar-refractivity contribution is -0.0944. The molecule has 0 spiro atoms. The summed E-state index contributed by atoms with van der Waals surface area (Å²) in [5.41, 5.74) is 8.41. The second kappa shape index (κ2) is 5.45. The second-order valence-corrected chi connectivity index (χ2v) is 8.21. The van der Waals surface area contributed by atoms with E-state index in [9.17, 15) is 0 Å². The SMILES string of the molecule is CC(C)(C)N(C1Oc2ccccc2-c2nc(N)ncc21)C(C)(C)C. The van der Waals surface area contributed by atoms with E-state index in [0.29, 0.717) is 0 Å². The van der Waals surface area contributed by atoms with Crippen LogP contribution in [-0.2, 0) is 0 Å². The highest BCUT2D eigenvalue weighted by Gasteiger charge is 2.42. The Labute approximate surface area is 143 Å². The van der Waals surface area contributed by atoms with Crippen LogP contribution in [0, 0.1) is 0 Å². The van der Waals surface area contributed by atoms with E-state index in [0.717, 1.165) is 22.6 Å². The quantitative estimate of drug-likeness (QED) is 0.857. The van der Waals surface area contributed by atoms with Crippen LogP contribution in [0.4, 0.5) is 5.95 Å². The standard InChI is InChI=1S/C19H26N4O/c1-18(2,3)23(19(4,5)6)16-13-11-21-17(20)22-15(13)12-9-7-8-10-14(12)24-16/h7-11,16H,1-6H3,(H2,20,21,22). The molecule has 0 aliphatic carbocycles. The number of anilines is 1. The summed E-state index contributed by atoms with van der Waals surface area (Å²) < 4.78 is 6.42. The van der Waals surface area contributed by atoms with Crippen molar-refractivity contribution < 1.29 is 4.74 Å². The number of rotatable bonds is 1. The molecular formula is C19H26N4O. The fourth-order valence-corrected chi connectivity index (χ4v) is 3.65. The van der Waals surface area contributed by atoms with Crippen LogP contribution in [-0.4, -0.2) is 25.9 Å². The monoisotopic (exact) mass is 326 g/mol. The van der Waals surface area contributed by atoms with Crippen LogP contribution in [0.3, 0.4) is 0 Å². The lowest BCUT2D eigenvalue weighted by Gasteiger charge is -2.50. The predicted molar refractivity (Wildman–Crippen MR) is 96.6 cm³/mol. The van der Waals surface area contributed by atoms with Crippen LogP contribution < -0.4 is 10.5 Å². The van der Waals surface area contributed by atoms with Gasteiger partial charge in [0.2, 0.25) is 5.95 Å². The molecule has 1 aliphatic rings. The van der Waals surface area contributed by atoms with E-state index in [1.807, 2.05) is 24.3 Å². The zero-order valence-electron chi connectivity index (χ0n) is 15.3. The number of ether oxygens (including phenoxy) is 1. The first-order valence-electron chi connectivity index (χ1n) is 8.27. The third-order valence-corrected chi connectivity index (χ3v) is 4.16. The number of aromatic nitrogens is 2. The zero-order valence-corrected chi connectivity index (χ0v) is 15.3. The molecule has 1 unspecified atom stereocenters. The minimum atomic E-state index is -0.268. The Morgan fingerprint density at radius 1 is 1.04 bits per heavy atom. The van der Waals surface area contributed by atoms with E-state index < -0.39 is 0 Å². The maximum atomic E-state index is 6.42. The molecule has 0 saturated carbocycles. The first-order valence-corrected chi connectivity index (χ1v) is 8.27. The van der Waals surface area contributed by atoms with Crippen molar-refractivity contribution in [3.63, 3.8) is 0 Å². The second-order valence-electron chi connectivity index (χ2n) is 8.21. The molecule has 1 atom stereocenters. The van der Waals surface area contributed by atoms with Crippen molar-refractivity contribution in [2.24, 2.45) is 0 Å². The Balaban J connectivity index is 2.22. The lowest BCUT2D eigenvalue weighted by Crippen LogP contribution is -2.56. The molecule has 24 heavy (non-hydrogen) atoms. The summed E-state index contributed by atoms with van der Waals surface area (Å²) in [6, 6.07) is 7.95. The maximum absolute atomic E-state index is 6.42. The lowest BCUT2D eigenvalue weighted by atomic mass is 9.92. The van der Waals surface area contributed by atoms with Crippen LogP contribution in [0.5, 0.6) is 5.75 Å². The summed E-state index contributed by atoms with van der Waals surface area (Å²) in [5, 5.41) is 0. The number of fused-ring (bicyclic) bond motifs is 3. The van der Waals surface area contributed by atoms with Crippen LogP contribution in [0.15, 0.2) is 30.5 Å². The Morgan fingerprint density at radius 2 is 1.67 bits per heavy atom. The molecule has 2 heterocycles. The van der Waals surface area contributed by atoms with Gasteiger partial charge in [0.1, 0.15) is 5.75 Å². The molecule has 2 N–H and O–H groups in total. The van der Waals surface area contributed by atoms with Gasteiger partial charge in [0, 0.05) is 22.8 Å². The Morgan fingerprint density at radius 3 is 2.29 bits per heavy atom. The normalized spacial score (nSPS) is 17.2. The predicted octanol–water partition coefficient (Wildman–Crippen LogP) is 4.02. The van der Waals surface area contributed by atoms with Gasteiger partial charge in [-0.25, -0.2) is 9.97 Å². The van der Waals surface area contributed by atoms with Gasteiger partial charge in [-0.3, -0.25) is 4.90 Å². The average Bonchev–Trinajstić information content (AvgIpc) is 2.44. The van der Waals surface area contributed by atoms with Crippen molar-refractivity contribution in [1.29, 1.82) is 0 Å². The molecule has 3 rings (SSSR count). The highest BCUT2D eigenvalue weighted by molar-refractivity contribution is 5.72. The number of para-hydroxylation sites is 1. The Kier molecular flexibility index (Phi) is 3.79. The molecule has 0 saturated heterocycles. The number of nitrogens with zero attached hydrogens (tertiary/aromatic N) is 3. The summed E-state index contributed by atoms with van der Waals surface area (Å²) in [7, 11) is 0. The van der Waals surface area contributed by atoms with Crippen molar-refractivity contribution >= 4 is 5.95 Å². The number of nitrogen functional groups attached to an aromatic ring is 1. The van der Waals surface area contributed by atoms with Crippen LogP contribution >= 0.6 is 0 Å². The largest absolute Gasteiger partial charge is 0.470 e. The van der Waals surface area contributed by atoms with E-state index in [1.54, 1.807) is 6.20 Å². The third-order valence-electron chi connectivity index (χ3n) is 4.16. The molecule has 0 amide bonds. The maximum Gasteiger partial charge on any atom is 0.220 e. The summed E-state index contributed by atoms with van der Waals surface area (Å²) in [6.07, 6.45) is 1.53. The number of hydrogen-bond donors (Lipinski definition) is 1. The van der Waals surface area contributed by atoms with Crippen molar-refractivity contribution in [3.8, 4) is 17.0 Å². The van der Waals surface area contributed by atoms with Crippen LogP contribution in [0.25, 0.3) is 11.3 Å². The first kappa shape index (κ1) is 16.7. The van der Waals surface area contributed by atoms with E-state index in [2.05, 4.69) is 56.4 Å². The summed E-state index contributed by atoms with van der Waals surface area (Å²) in [5.74, 6) is 1.11. The van der Waals surface area contributed by atoms with E-state index in [-0.39, 0.29) is 23.3 Å². The van der Waals surface area contributed by atoms with Gasteiger partial charge in [-0.2, -0.15) is 0 Å². The van der Waals surface area contributed by atoms with Crippen molar-refractivity contribution in [3.05, 3.63) is 36.0 Å². The Hall–Kier alpha value is -2.14. The molecule has 5 heteroatoms. The van der Waals surface area contributed by atoms with E-state index in [4.69, 9.17) is 10.5 Å². The van der Waals surface area contributed by atoms with Gasteiger partial charge in [0.15, 0.2) is 6.23 Å². The van der Waals surface area contributed by atoms with Crippen LogP contribution in [0.1, 0.15) is 53.3 Å². The van der Waals surface area contributed by atoms with Crippen molar-refractivity contribution in [2.45, 2.75) is 58.8 Å². The van der Waals surface area contributed by atoms with Crippen molar-refractivity contribution in [2.75, 3.05) is 5.73 Å². The average molecular weight is 326 g/mol. The third kappa shape index (κ3) is 2.84. The van der Waals surface area contributed by atoms with E-state index in [1.165, 1.54) is 0 Å². The molecule has 128 valence electrons. The van der Waals surface area contributed by atoms with Crippen molar-refractivity contribution in [1.82, 2.24) is 14.9 Å². The molecule has 0 radical (unpaired) electrons. The van der Waals surface area contributed by atoms with Gasteiger partial charge in [0.05, 0.1) is 11.3 Å². The van der Waals surface area contributed by atoms with Gasteiger partial charge < -0.3 is 10.5 Å². The first-order chi connectivity index (χ1) is 11.1. The van der Waals surface area contributed by atoms with Gasteiger partial charge in [-0.15, -0.1) is 0 Å². The molecule has 0 bridgehead atoms. The molecule has 0 fully saturated rings. The molecule has 1 aromatic heterocycles. The molecule has 2 aromatic rings. The zero-order chi connectivity index (χ0) is 17.7. The van der Waals surface area contributed by atoms with Gasteiger partial charge in [-0.1, -0.05) is 12.1 Å². The fourth-order valence-electron chi connectivity index (χ4n) is 3.65.